The van der Waals surface area contributed by atoms with Crippen LogP contribution in [0, 0.1) is 0 Å². The number of nitrogen functional groups attached to an aromatic ring is 1. The third kappa shape index (κ3) is 2.37. The molecule has 3 N–H and O–H groups in total. The van der Waals surface area contributed by atoms with Gasteiger partial charge < -0.3 is 11.1 Å². The van der Waals surface area contributed by atoms with E-state index in [9.17, 15) is 4.39 Å². The van der Waals surface area contributed by atoms with Gasteiger partial charge in [-0.05, 0) is 34.1 Å². The van der Waals surface area contributed by atoms with E-state index in [-0.39, 0.29) is 6.67 Å². The van der Waals surface area contributed by atoms with Crippen LogP contribution in [0.2, 0.25) is 0 Å². The van der Waals surface area contributed by atoms with E-state index >= 15 is 0 Å². The quantitative estimate of drug-likeness (QED) is 0.786. The van der Waals surface area contributed by atoms with Crippen LogP contribution in [0.25, 0.3) is 0 Å². The fraction of sp³-hybridized carbons (Fsp3) is 0.250. The summed E-state index contributed by atoms with van der Waals surface area (Å²) in [6, 6.07) is 5.41. The third-order valence-electron chi connectivity index (χ3n) is 1.42. The van der Waals surface area contributed by atoms with Gasteiger partial charge >= 0.3 is 0 Å². The monoisotopic (exact) mass is 232 g/mol. The summed E-state index contributed by atoms with van der Waals surface area (Å²) in [4.78, 5) is 0. The molecule has 0 amide bonds. The fourth-order valence-corrected chi connectivity index (χ4v) is 1.21. The number of hydrogen-bond acceptors (Lipinski definition) is 2. The number of hydrogen-bond donors (Lipinski definition) is 2. The maximum atomic E-state index is 11.8. The van der Waals surface area contributed by atoms with Gasteiger partial charge in [0.25, 0.3) is 0 Å². The lowest BCUT2D eigenvalue weighted by Crippen LogP contribution is -2.02. The first-order valence-corrected chi connectivity index (χ1v) is 4.38. The van der Waals surface area contributed by atoms with Crippen molar-refractivity contribution in [1.29, 1.82) is 0 Å². The number of anilines is 2. The number of nitrogens with one attached hydrogen (secondary N) is 1. The average molecular weight is 233 g/mol. The molecule has 0 atom stereocenters. The summed E-state index contributed by atoms with van der Waals surface area (Å²) in [6.45, 7) is -0.0433. The highest BCUT2D eigenvalue weighted by Gasteiger charge is 1.96. The Bertz CT molecular complexity index is 265. The van der Waals surface area contributed by atoms with Gasteiger partial charge in [0.1, 0.15) is 6.67 Å². The molecular formula is C8H10BrFN2. The number of rotatable bonds is 3. The molecule has 0 spiro atoms. The third-order valence-corrected chi connectivity index (χ3v) is 2.11. The molecule has 1 rings (SSSR count). The minimum absolute atomic E-state index is 0.330. The van der Waals surface area contributed by atoms with Crippen molar-refractivity contribution < 1.29 is 4.39 Å². The van der Waals surface area contributed by atoms with Gasteiger partial charge in [0.15, 0.2) is 0 Å². The minimum Gasteiger partial charge on any atom is -0.398 e. The van der Waals surface area contributed by atoms with Crippen LogP contribution in [0.3, 0.4) is 0 Å². The van der Waals surface area contributed by atoms with Crippen molar-refractivity contribution in [2.75, 3.05) is 24.3 Å². The Hall–Kier alpha value is -0.770. The summed E-state index contributed by atoms with van der Waals surface area (Å²) < 4.78 is 12.6. The first-order valence-electron chi connectivity index (χ1n) is 3.59. The van der Waals surface area contributed by atoms with Crippen molar-refractivity contribution in [2.24, 2.45) is 0 Å². The highest BCUT2D eigenvalue weighted by atomic mass is 79.9. The van der Waals surface area contributed by atoms with Crippen molar-refractivity contribution in [3.05, 3.63) is 22.7 Å². The molecule has 0 saturated heterocycles. The second-order valence-electron chi connectivity index (χ2n) is 2.35. The lowest BCUT2D eigenvalue weighted by molar-refractivity contribution is 0.513. The highest BCUT2D eigenvalue weighted by Crippen LogP contribution is 2.22. The van der Waals surface area contributed by atoms with Crippen LogP contribution in [-0.2, 0) is 0 Å². The number of nitrogens with two attached hydrogens (primary N) is 1. The molecular weight excluding hydrogens is 223 g/mol. The topological polar surface area (TPSA) is 38.0 Å². The maximum absolute atomic E-state index is 11.8. The van der Waals surface area contributed by atoms with E-state index in [0.29, 0.717) is 12.2 Å². The van der Waals surface area contributed by atoms with E-state index < -0.39 is 0 Å². The van der Waals surface area contributed by atoms with Crippen molar-refractivity contribution in [2.45, 2.75) is 0 Å². The van der Waals surface area contributed by atoms with Crippen LogP contribution in [0.15, 0.2) is 22.7 Å². The molecule has 0 fully saturated rings. The molecule has 0 aliphatic rings. The van der Waals surface area contributed by atoms with Crippen molar-refractivity contribution in [3.63, 3.8) is 0 Å². The van der Waals surface area contributed by atoms with Gasteiger partial charge in [-0.15, -0.1) is 0 Å². The summed E-state index contributed by atoms with van der Waals surface area (Å²) >= 11 is 3.28. The molecule has 0 unspecified atom stereocenters. The Balaban J connectivity index is 2.69. The Kier molecular flexibility index (Phi) is 3.34. The number of halogens is 2. The van der Waals surface area contributed by atoms with Crippen molar-refractivity contribution in [1.82, 2.24) is 0 Å². The van der Waals surface area contributed by atoms with Crippen LogP contribution >= 0.6 is 15.9 Å². The van der Waals surface area contributed by atoms with Gasteiger partial charge in [-0.25, -0.2) is 4.39 Å². The molecule has 1 aromatic rings. The first-order chi connectivity index (χ1) is 5.74. The van der Waals surface area contributed by atoms with Gasteiger partial charge in [-0.2, -0.15) is 0 Å². The predicted molar refractivity (Wildman–Crippen MR) is 53.0 cm³/mol. The average Bonchev–Trinajstić information content (AvgIpc) is 2.07. The second-order valence-corrected chi connectivity index (χ2v) is 3.21. The van der Waals surface area contributed by atoms with E-state index in [1.165, 1.54) is 0 Å². The van der Waals surface area contributed by atoms with Crippen LogP contribution in [0.5, 0.6) is 0 Å². The molecule has 1 aromatic carbocycles. The SMILES string of the molecule is Nc1ccc(NCCF)cc1Br. The molecule has 4 heteroatoms. The van der Waals surface area contributed by atoms with Gasteiger partial charge in [0, 0.05) is 22.4 Å². The van der Waals surface area contributed by atoms with Crippen LogP contribution in [0.4, 0.5) is 15.8 Å². The molecule has 66 valence electrons. The van der Waals surface area contributed by atoms with E-state index in [0.717, 1.165) is 10.2 Å². The summed E-state index contributed by atoms with van der Waals surface area (Å²) in [5.74, 6) is 0. The molecule has 12 heavy (non-hydrogen) atoms. The first kappa shape index (κ1) is 9.32. The normalized spacial score (nSPS) is 9.83. The molecule has 0 aliphatic carbocycles. The smallest absolute Gasteiger partial charge is 0.107 e. The number of alkyl halides is 1. The van der Waals surface area contributed by atoms with E-state index in [1.54, 1.807) is 6.07 Å². The molecule has 0 radical (unpaired) electrons. The standard InChI is InChI=1S/C8H10BrFN2/c9-7-5-6(12-4-3-10)1-2-8(7)11/h1-2,5,12H,3-4,11H2. The van der Waals surface area contributed by atoms with Gasteiger partial charge in [-0.1, -0.05) is 0 Å². The van der Waals surface area contributed by atoms with E-state index in [4.69, 9.17) is 5.73 Å². The van der Waals surface area contributed by atoms with Crippen LogP contribution < -0.4 is 11.1 Å². The molecule has 0 aromatic heterocycles. The molecule has 0 saturated carbocycles. The zero-order chi connectivity index (χ0) is 8.97. The minimum atomic E-state index is -0.373. The molecule has 0 bridgehead atoms. The zero-order valence-electron chi connectivity index (χ0n) is 6.48. The lowest BCUT2D eigenvalue weighted by atomic mass is 10.3. The van der Waals surface area contributed by atoms with Gasteiger partial charge in [0.05, 0.1) is 0 Å². The van der Waals surface area contributed by atoms with Gasteiger partial charge in [0.2, 0.25) is 0 Å². The molecule has 2 nitrogen and oxygen atoms in total. The Labute approximate surface area is 79.1 Å². The van der Waals surface area contributed by atoms with Crippen LogP contribution in [-0.4, -0.2) is 13.2 Å². The summed E-state index contributed by atoms with van der Waals surface area (Å²) in [7, 11) is 0. The lowest BCUT2D eigenvalue weighted by Gasteiger charge is -2.05. The van der Waals surface area contributed by atoms with Crippen molar-refractivity contribution >= 4 is 27.3 Å². The van der Waals surface area contributed by atoms with Crippen LogP contribution in [0.1, 0.15) is 0 Å². The molecule has 0 aliphatic heterocycles. The summed E-state index contributed by atoms with van der Waals surface area (Å²) in [6.07, 6.45) is 0. The largest absolute Gasteiger partial charge is 0.398 e. The maximum Gasteiger partial charge on any atom is 0.107 e. The fourth-order valence-electron chi connectivity index (χ4n) is 0.829. The van der Waals surface area contributed by atoms with E-state index in [2.05, 4.69) is 21.2 Å². The zero-order valence-corrected chi connectivity index (χ0v) is 8.07. The predicted octanol–water partition coefficient (Wildman–Crippen LogP) is 2.41. The Morgan fingerprint density at radius 2 is 2.25 bits per heavy atom. The molecule has 0 heterocycles. The van der Waals surface area contributed by atoms with Gasteiger partial charge in [-0.3, -0.25) is 0 Å². The van der Waals surface area contributed by atoms with Crippen molar-refractivity contribution in [3.8, 4) is 0 Å². The van der Waals surface area contributed by atoms with E-state index in [1.807, 2.05) is 12.1 Å². The number of benzene rings is 1. The Morgan fingerprint density at radius 1 is 1.50 bits per heavy atom. The highest BCUT2D eigenvalue weighted by molar-refractivity contribution is 9.10. The second kappa shape index (κ2) is 4.30. The Morgan fingerprint density at radius 3 is 2.83 bits per heavy atom. The summed E-state index contributed by atoms with van der Waals surface area (Å²) in [5.41, 5.74) is 7.12. The summed E-state index contributed by atoms with van der Waals surface area (Å²) in [5, 5.41) is 2.90.